The van der Waals surface area contributed by atoms with Gasteiger partial charge >= 0.3 is 11.3 Å². The predicted octanol–water partition coefficient (Wildman–Crippen LogP) is 2.15. The van der Waals surface area contributed by atoms with Crippen molar-refractivity contribution >= 4 is 11.9 Å². The van der Waals surface area contributed by atoms with E-state index in [0.717, 1.165) is 5.56 Å². The van der Waals surface area contributed by atoms with E-state index in [0.29, 0.717) is 11.4 Å². The summed E-state index contributed by atoms with van der Waals surface area (Å²) in [5, 5.41) is 2.44. The number of nitrogens with one attached hydrogen (secondary N) is 1. The highest BCUT2D eigenvalue weighted by atomic mass is 16.5. The van der Waals surface area contributed by atoms with Gasteiger partial charge in [-0.2, -0.15) is 0 Å². The van der Waals surface area contributed by atoms with Gasteiger partial charge in [-0.25, -0.2) is 4.79 Å². The fourth-order valence-corrected chi connectivity index (χ4v) is 2.21. The number of allylic oxidation sites excluding steroid dienone is 1. The van der Waals surface area contributed by atoms with Crippen molar-refractivity contribution in [2.45, 2.75) is 0 Å². The Morgan fingerprint density at radius 1 is 1.12 bits per heavy atom. The van der Waals surface area contributed by atoms with E-state index in [1.165, 1.54) is 10.8 Å². The standard InChI is InChI=1S/C18H14N2O4/c1-23-15-10-8-14(9-11-15)20-17(18(22)24-19-20)16(21)12-7-13-5-3-2-4-6-13/h2-12H,1H3/p+1/b12-7+. The van der Waals surface area contributed by atoms with Crippen LogP contribution in [0.5, 0.6) is 5.75 Å². The number of ketones is 1. The second-order valence-electron chi connectivity index (χ2n) is 4.97. The van der Waals surface area contributed by atoms with Gasteiger partial charge in [0.25, 0.3) is 5.78 Å². The highest BCUT2D eigenvalue weighted by Crippen LogP contribution is 2.11. The predicted molar refractivity (Wildman–Crippen MR) is 87.2 cm³/mol. The smallest absolute Gasteiger partial charge is 0.439 e. The quantitative estimate of drug-likeness (QED) is 0.443. The SMILES string of the molecule is COc1ccc(-[n+]2[nH]oc(=O)c2C(=O)/C=C/c2ccccc2)cc1. The molecule has 6 nitrogen and oxygen atoms in total. The van der Waals surface area contributed by atoms with Crippen LogP contribution in [0.15, 0.2) is 70.0 Å². The third kappa shape index (κ3) is 3.17. The molecule has 0 spiro atoms. The molecular weight excluding hydrogens is 308 g/mol. The Kier molecular flexibility index (Phi) is 4.38. The van der Waals surface area contributed by atoms with Crippen molar-refractivity contribution in [1.82, 2.24) is 5.27 Å². The molecule has 0 aliphatic rings. The molecule has 0 bridgehead atoms. The van der Waals surface area contributed by atoms with Crippen molar-refractivity contribution in [3.05, 3.63) is 82.4 Å². The van der Waals surface area contributed by atoms with Gasteiger partial charge in [-0.05, 0) is 33.7 Å². The summed E-state index contributed by atoms with van der Waals surface area (Å²) >= 11 is 0. The number of rotatable bonds is 5. The molecule has 0 radical (unpaired) electrons. The topological polar surface area (TPSA) is 76.2 Å². The Morgan fingerprint density at radius 2 is 1.83 bits per heavy atom. The van der Waals surface area contributed by atoms with Crippen LogP contribution in [0.1, 0.15) is 16.1 Å². The van der Waals surface area contributed by atoms with Gasteiger partial charge < -0.3 is 4.74 Å². The zero-order valence-corrected chi connectivity index (χ0v) is 12.9. The van der Waals surface area contributed by atoms with Crippen molar-refractivity contribution in [2.24, 2.45) is 0 Å². The number of hydrogen-bond acceptors (Lipinski definition) is 4. The number of carbonyl (C=O) groups is 1. The van der Waals surface area contributed by atoms with Crippen LogP contribution in [-0.2, 0) is 0 Å². The molecule has 2 aromatic carbocycles. The van der Waals surface area contributed by atoms with Crippen LogP contribution in [0.25, 0.3) is 11.8 Å². The lowest BCUT2D eigenvalue weighted by Gasteiger charge is -1.97. The summed E-state index contributed by atoms with van der Waals surface area (Å²) in [6.07, 6.45) is 2.99. The first kappa shape index (κ1) is 15.5. The third-order valence-electron chi connectivity index (χ3n) is 3.44. The lowest BCUT2D eigenvalue weighted by atomic mass is 10.2. The molecule has 0 fully saturated rings. The fourth-order valence-electron chi connectivity index (χ4n) is 2.21. The van der Waals surface area contributed by atoms with Crippen molar-refractivity contribution in [3.8, 4) is 11.4 Å². The van der Waals surface area contributed by atoms with Gasteiger partial charge in [-0.1, -0.05) is 36.4 Å². The van der Waals surface area contributed by atoms with E-state index in [2.05, 4.69) is 5.27 Å². The van der Waals surface area contributed by atoms with Crippen LogP contribution in [-0.4, -0.2) is 18.2 Å². The molecule has 120 valence electrons. The molecule has 0 atom stereocenters. The average Bonchev–Trinajstić information content (AvgIpc) is 3.02. The van der Waals surface area contributed by atoms with E-state index in [1.54, 1.807) is 37.5 Å². The van der Waals surface area contributed by atoms with Gasteiger partial charge in [-0.15, -0.1) is 0 Å². The monoisotopic (exact) mass is 323 g/mol. The first-order chi connectivity index (χ1) is 11.7. The lowest BCUT2D eigenvalue weighted by Crippen LogP contribution is -2.40. The van der Waals surface area contributed by atoms with Crippen LogP contribution in [0.4, 0.5) is 0 Å². The molecule has 0 aliphatic heterocycles. The highest BCUT2D eigenvalue weighted by Gasteiger charge is 2.28. The van der Waals surface area contributed by atoms with Crippen LogP contribution < -0.4 is 15.0 Å². The number of benzene rings is 2. The Labute approximate surface area is 137 Å². The second kappa shape index (κ2) is 6.78. The third-order valence-corrected chi connectivity index (χ3v) is 3.44. The molecule has 1 N–H and O–H groups in total. The molecule has 3 aromatic rings. The van der Waals surface area contributed by atoms with E-state index in [4.69, 9.17) is 9.26 Å². The molecule has 24 heavy (non-hydrogen) atoms. The highest BCUT2D eigenvalue weighted by molar-refractivity contribution is 6.04. The summed E-state index contributed by atoms with van der Waals surface area (Å²) in [5.41, 5.74) is 0.612. The normalized spacial score (nSPS) is 10.9. The maximum absolute atomic E-state index is 12.4. The van der Waals surface area contributed by atoms with Crippen molar-refractivity contribution in [3.63, 3.8) is 0 Å². The molecule has 0 unspecified atom stereocenters. The molecule has 3 rings (SSSR count). The van der Waals surface area contributed by atoms with E-state index in [1.807, 2.05) is 30.3 Å². The average molecular weight is 323 g/mol. The molecule has 6 heteroatoms. The number of methoxy groups -OCH3 is 1. The number of aromatic nitrogens is 2. The molecule has 1 aromatic heterocycles. The minimum atomic E-state index is -0.728. The number of nitrogens with zero attached hydrogens (tertiary/aromatic N) is 1. The van der Waals surface area contributed by atoms with E-state index in [9.17, 15) is 9.59 Å². The molecule has 0 saturated heterocycles. The van der Waals surface area contributed by atoms with Crippen LogP contribution in [0.3, 0.4) is 0 Å². The Morgan fingerprint density at radius 3 is 2.50 bits per heavy atom. The number of carbonyl (C=O) groups excluding carboxylic acids is 1. The number of ether oxygens (including phenoxy) is 1. The Balaban J connectivity index is 1.93. The van der Waals surface area contributed by atoms with Gasteiger partial charge in [-0.3, -0.25) is 9.32 Å². The van der Waals surface area contributed by atoms with Gasteiger partial charge in [0.1, 0.15) is 5.75 Å². The summed E-state index contributed by atoms with van der Waals surface area (Å²) < 4.78 is 11.2. The zero-order chi connectivity index (χ0) is 16.9. The van der Waals surface area contributed by atoms with Crippen LogP contribution >= 0.6 is 0 Å². The molecule has 0 amide bonds. The summed E-state index contributed by atoms with van der Waals surface area (Å²) in [6.45, 7) is 0. The van der Waals surface area contributed by atoms with Crippen molar-refractivity contribution < 1.29 is 18.7 Å². The zero-order valence-electron chi connectivity index (χ0n) is 12.9. The number of aromatic amines is 1. The summed E-state index contributed by atoms with van der Waals surface area (Å²) in [4.78, 5) is 24.3. The number of H-pyrrole nitrogens is 1. The second-order valence-corrected chi connectivity index (χ2v) is 4.97. The van der Waals surface area contributed by atoms with Crippen LogP contribution in [0, 0.1) is 0 Å². The number of hydrogen-bond donors (Lipinski definition) is 1. The van der Waals surface area contributed by atoms with E-state index >= 15 is 0 Å². The first-order valence-electron chi connectivity index (χ1n) is 7.24. The van der Waals surface area contributed by atoms with Crippen molar-refractivity contribution in [2.75, 3.05) is 7.11 Å². The van der Waals surface area contributed by atoms with Gasteiger partial charge in [0.05, 0.1) is 7.11 Å². The van der Waals surface area contributed by atoms with Crippen LogP contribution in [0.2, 0.25) is 0 Å². The van der Waals surface area contributed by atoms with Gasteiger partial charge in [0.15, 0.2) is 0 Å². The van der Waals surface area contributed by atoms with Gasteiger partial charge in [0.2, 0.25) is 5.69 Å². The van der Waals surface area contributed by atoms with E-state index < -0.39 is 11.4 Å². The largest absolute Gasteiger partial charge is 0.497 e. The lowest BCUT2D eigenvalue weighted by molar-refractivity contribution is -0.672. The maximum atomic E-state index is 12.4. The summed E-state index contributed by atoms with van der Waals surface area (Å²) in [6, 6.07) is 16.2. The Hall–Kier alpha value is -3.41. The first-order valence-corrected chi connectivity index (χ1v) is 7.24. The minimum absolute atomic E-state index is 0.104. The molecule has 1 heterocycles. The van der Waals surface area contributed by atoms with Crippen molar-refractivity contribution in [1.29, 1.82) is 0 Å². The molecule has 0 aliphatic carbocycles. The van der Waals surface area contributed by atoms with Gasteiger partial charge in [0, 0.05) is 12.1 Å². The maximum Gasteiger partial charge on any atom is 0.439 e. The summed E-state index contributed by atoms with van der Waals surface area (Å²) in [5.74, 6) is 0.215. The molecule has 0 saturated carbocycles. The van der Waals surface area contributed by atoms with E-state index in [-0.39, 0.29) is 5.69 Å². The summed E-state index contributed by atoms with van der Waals surface area (Å²) in [7, 11) is 1.56. The minimum Gasteiger partial charge on any atom is -0.497 e. The molecular formula is C18H15N2O4+. The Bertz CT molecular complexity index is 922. The fraction of sp³-hybridized carbons (Fsp3) is 0.0556.